The topological polar surface area (TPSA) is 100 Å². The van der Waals surface area contributed by atoms with Crippen molar-refractivity contribution in [3.63, 3.8) is 0 Å². The van der Waals surface area contributed by atoms with Gasteiger partial charge in [-0.1, -0.05) is 25.1 Å². The highest BCUT2D eigenvalue weighted by molar-refractivity contribution is 8.09. The average molecular weight is 550 g/mol. The van der Waals surface area contributed by atoms with Gasteiger partial charge in [-0.2, -0.15) is 21.0 Å². The third kappa shape index (κ3) is 5.45. The van der Waals surface area contributed by atoms with E-state index in [-0.39, 0.29) is 16.4 Å². The molecule has 0 radical (unpaired) electrons. The quantitative estimate of drug-likeness (QED) is 0.204. The predicted molar refractivity (Wildman–Crippen MR) is 160 cm³/mol. The first-order chi connectivity index (χ1) is 18.5. The van der Waals surface area contributed by atoms with E-state index in [9.17, 15) is 0 Å². The highest BCUT2D eigenvalue weighted by Crippen LogP contribution is 2.43. The van der Waals surface area contributed by atoms with Crippen molar-refractivity contribution < 1.29 is 0 Å². The van der Waals surface area contributed by atoms with E-state index in [4.69, 9.17) is 21.0 Å². The standard InChI is InChI=1S/C30H23N5S3/c1-4-10-35-25-13-22(28-9-7-23(37-28)12-21(17-33)18-34)6-8-24(25)30-26(35)14-29(38-30)27(5-2)36-19(3)11-20(15-31)16-32/h5-9,11-14,19H,4,10H2,1-3H3/b27-5-. The molecule has 0 N–H and O–H groups in total. The molecule has 3 heterocycles. The van der Waals surface area contributed by atoms with Crippen LogP contribution in [0.25, 0.3) is 42.5 Å². The van der Waals surface area contributed by atoms with Gasteiger partial charge in [-0.15, -0.1) is 34.4 Å². The predicted octanol–water partition coefficient (Wildman–Crippen LogP) is 8.88. The molecular weight excluding hydrogens is 527 g/mol. The lowest BCUT2D eigenvalue weighted by atomic mass is 10.1. The average Bonchev–Trinajstić information content (AvgIpc) is 3.65. The zero-order valence-corrected chi connectivity index (χ0v) is 23.6. The maximum absolute atomic E-state index is 9.09. The van der Waals surface area contributed by atoms with Crippen molar-refractivity contribution in [1.29, 1.82) is 21.0 Å². The SMILES string of the molecule is C/C=C(\SC(C)C=C(C#N)C#N)c1cc2c(s1)c1ccc(-c3ccc(C=C(C#N)C#N)s3)cc1n2CCC. The lowest BCUT2D eigenvalue weighted by molar-refractivity contribution is 0.724. The molecule has 8 heteroatoms. The Morgan fingerprint density at radius 1 is 0.974 bits per heavy atom. The number of allylic oxidation sites excluding steroid dienone is 3. The lowest BCUT2D eigenvalue weighted by Crippen LogP contribution is -1.96. The second-order valence-corrected chi connectivity index (χ2v) is 12.1. The summed E-state index contributed by atoms with van der Waals surface area (Å²) in [5.41, 5.74) is 3.74. The Bertz CT molecular complexity index is 1750. The van der Waals surface area contributed by atoms with Gasteiger partial charge >= 0.3 is 0 Å². The van der Waals surface area contributed by atoms with E-state index in [1.165, 1.54) is 26.0 Å². The summed E-state index contributed by atoms with van der Waals surface area (Å²) in [7, 11) is 0. The molecule has 0 saturated heterocycles. The Hall–Kier alpha value is -4.05. The number of thioether (sulfide) groups is 1. The second kappa shape index (κ2) is 12.0. The van der Waals surface area contributed by atoms with Crippen molar-refractivity contribution in [1.82, 2.24) is 4.57 Å². The van der Waals surface area contributed by atoms with Gasteiger partial charge in [-0.3, -0.25) is 0 Å². The minimum Gasteiger partial charge on any atom is -0.340 e. The number of aromatic nitrogens is 1. The van der Waals surface area contributed by atoms with Crippen LogP contribution in [-0.2, 0) is 6.54 Å². The van der Waals surface area contributed by atoms with Crippen molar-refractivity contribution in [2.75, 3.05) is 0 Å². The monoisotopic (exact) mass is 549 g/mol. The van der Waals surface area contributed by atoms with Crippen LogP contribution in [-0.4, -0.2) is 9.82 Å². The number of thiophene rings is 2. The van der Waals surface area contributed by atoms with Crippen LogP contribution in [0, 0.1) is 45.3 Å². The summed E-state index contributed by atoms with van der Waals surface area (Å²) in [6, 6.07) is 20.5. The summed E-state index contributed by atoms with van der Waals surface area (Å²) in [4.78, 5) is 4.27. The molecule has 4 aromatic rings. The Labute approximate surface area is 234 Å². The van der Waals surface area contributed by atoms with Gasteiger partial charge in [-0.05, 0) is 62.2 Å². The summed E-state index contributed by atoms with van der Waals surface area (Å²) in [5, 5.41) is 37.5. The fraction of sp³-hybridized carbons (Fsp3) is 0.200. The molecule has 0 aliphatic carbocycles. The van der Waals surface area contributed by atoms with E-state index in [2.05, 4.69) is 41.8 Å². The molecule has 0 aliphatic rings. The molecule has 186 valence electrons. The molecule has 1 atom stereocenters. The van der Waals surface area contributed by atoms with Crippen molar-refractivity contribution >= 4 is 66.5 Å². The normalized spacial score (nSPS) is 11.8. The maximum atomic E-state index is 9.09. The second-order valence-electron chi connectivity index (χ2n) is 8.47. The van der Waals surface area contributed by atoms with E-state index in [0.717, 1.165) is 33.2 Å². The molecule has 5 nitrogen and oxygen atoms in total. The summed E-state index contributed by atoms with van der Waals surface area (Å²) in [5.74, 6) is 0. The lowest BCUT2D eigenvalue weighted by Gasteiger charge is -2.09. The van der Waals surface area contributed by atoms with E-state index in [1.807, 2.05) is 50.3 Å². The summed E-state index contributed by atoms with van der Waals surface area (Å²) < 4.78 is 3.63. The summed E-state index contributed by atoms with van der Waals surface area (Å²) >= 11 is 4.98. The molecule has 1 aromatic carbocycles. The van der Waals surface area contributed by atoms with Gasteiger partial charge in [0, 0.05) is 36.7 Å². The zero-order chi connectivity index (χ0) is 27.2. The minimum absolute atomic E-state index is 0.00281. The zero-order valence-electron chi connectivity index (χ0n) is 21.1. The van der Waals surface area contributed by atoms with Crippen LogP contribution in [0.15, 0.2) is 59.7 Å². The van der Waals surface area contributed by atoms with Gasteiger partial charge in [0.2, 0.25) is 0 Å². The van der Waals surface area contributed by atoms with Crippen LogP contribution in [0.3, 0.4) is 0 Å². The van der Waals surface area contributed by atoms with Crippen LogP contribution in [0.4, 0.5) is 0 Å². The smallest absolute Gasteiger partial charge is 0.131 e. The van der Waals surface area contributed by atoms with Gasteiger partial charge in [0.1, 0.15) is 35.4 Å². The van der Waals surface area contributed by atoms with Gasteiger partial charge in [0.15, 0.2) is 0 Å². The molecule has 0 bridgehead atoms. The largest absolute Gasteiger partial charge is 0.340 e. The molecule has 4 rings (SSSR count). The molecule has 0 spiro atoms. The van der Waals surface area contributed by atoms with Crippen LogP contribution >= 0.6 is 34.4 Å². The Kier molecular flexibility index (Phi) is 8.52. The molecule has 0 aliphatic heterocycles. The molecule has 0 saturated carbocycles. The van der Waals surface area contributed by atoms with E-state index < -0.39 is 0 Å². The Morgan fingerprint density at radius 2 is 1.71 bits per heavy atom. The number of rotatable bonds is 8. The first kappa shape index (κ1) is 27.0. The molecule has 38 heavy (non-hydrogen) atoms. The van der Waals surface area contributed by atoms with E-state index in [1.54, 1.807) is 46.6 Å². The van der Waals surface area contributed by atoms with Crippen molar-refractivity contribution in [2.45, 2.75) is 39.0 Å². The minimum atomic E-state index is -0.00281. The van der Waals surface area contributed by atoms with E-state index >= 15 is 0 Å². The number of hydrogen-bond donors (Lipinski definition) is 0. The van der Waals surface area contributed by atoms with Gasteiger partial charge in [0.25, 0.3) is 0 Å². The molecule has 3 aromatic heterocycles. The van der Waals surface area contributed by atoms with Crippen molar-refractivity contribution in [3.8, 4) is 34.7 Å². The first-order valence-electron chi connectivity index (χ1n) is 12.0. The Balaban J connectivity index is 1.74. The molecule has 0 fully saturated rings. The van der Waals surface area contributed by atoms with Gasteiger partial charge in [0.05, 0.1) is 15.7 Å². The van der Waals surface area contributed by atoms with Crippen LogP contribution in [0.2, 0.25) is 0 Å². The highest BCUT2D eigenvalue weighted by atomic mass is 32.2. The van der Waals surface area contributed by atoms with Gasteiger partial charge < -0.3 is 4.57 Å². The van der Waals surface area contributed by atoms with Crippen molar-refractivity contribution in [2.24, 2.45) is 0 Å². The summed E-state index contributed by atoms with van der Waals surface area (Å²) in [6.07, 6.45) is 6.43. The maximum Gasteiger partial charge on any atom is 0.131 e. The van der Waals surface area contributed by atoms with Crippen LogP contribution in [0.5, 0.6) is 0 Å². The number of hydrogen-bond acceptors (Lipinski definition) is 7. The number of fused-ring (bicyclic) bond motifs is 3. The fourth-order valence-corrected chi connectivity index (χ4v) is 7.54. The van der Waals surface area contributed by atoms with Crippen LogP contribution < -0.4 is 0 Å². The van der Waals surface area contributed by atoms with E-state index in [0.29, 0.717) is 0 Å². The number of nitrogens with zero attached hydrogens (tertiary/aromatic N) is 5. The van der Waals surface area contributed by atoms with Gasteiger partial charge in [-0.25, -0.2) is 0 Å². The Morgan fingerprint density at radius 3 is 2.37 bits per heavy atom. The third-order valence-electron chi connectivity index (χ3n) is 5.88. The molecule has 1 unspecified atom stereocenters. The number of aryl methyl sites for hydroxylation is 1. The fourth-order valence-electron chi connectivity index (χ4n) is 4.25. The summed E-state index contributed by atoms with van der Waals surface area (Å²) in [6.45, 7) is 7.09. The van der Waals surface area contributed by atoms with Crippen LogP contribution in [0.1, 0.15) is 36.9 Å². The number of nitriles is 4. The highest BCUT2D eigenvalue weighted by Gasteiger charge is 2.18. The number of benzene rings is 1. The third-order valence-corrected chi connectivity index (χ3v) is 9.50. The van der Waals surface area contributed by atoms with Crippen molar-refractivity contribution in [3.05, 3.63) is 69.5 Å². The molecular formula is C30H23N5S3. The first-order valence-corrected chi connectivity index (χ1v) is 14.5. The molecule has 0 amide bonds.